The van der Waals surface area contributed by atoms with Crippen LogP contribution in [-0.2, 0) is 6.42 Å². The lowest BCUT2D eigenvalue weighted by atomic mass is 10.1. The molecule has 1 aromatic heterocycles. The van der Waals surface area contributed by atoms with Gasteiger partial charge >= 0.3 is 0 Å². The average Bonchev–Trinajstić information content (AvgIpc) is 2.69. The van der Waals surface area contributed by atoms with Crippen LogP contribution in [0.1, 0.15) is 19.7 Å². The van der Waals surface area contributed by atoms with E-state index in [1.807, 2.05) is 18.2 Å². The maximum Gasteiger partial charge on any atom is 0.257 e. The topological polar surface area (TPSA) is 64.9 Å². The van der Waals surface area contributed by atoms with E-state index < -0.39 is 0 Å². The van der Waals surface area contributed by atoms with Crippen molar-refractivity contribution in [2.24, 2.45) is 5.92 Å². The molecule has 2 rings (SSSR count). The number of anilines is 1. The second-order valence-electron chi connectivity index (χ2n) is 4.35. The molecule has 2 N–H and O–H groups in total. The van der Waals surface area contributed by atoms with E-state index in [1.54, 1.807) is 0 Å². The molecule has 90 valence electrons. The van der Waals surface area contributed by atoms with Gasteiger partial charge in [0.15, 0.2) is 5.82 Å². The van der Waals surface area contributed by atoms with E-state index in [9.17, 15) is 0 Å². The first-order chi connectivity index (χ1) is 8.06. The number of nitrogens with two attached hydrogens (primary N) is 1. The van der Waals surface area contributed by atoms with Gasteiger partial charge in [0.1, 0.15) is 0 Å². The molecule has 17 heavy (non-hydrogen) atoms. The third-order valence-electron chi connectivity index (χ3n) is 2.30. The molecule has 0 aliphatic rings. The van der Waals surface area contributed by atoms with Crippen molar-refractivity contribution in [2.45, 2.75) is 20.3 Å². The maximum atomic E-state index is 5.81. The predicted molar refractivity (Wildman–Crippen MR) is 70.4 cm³/mol. The number of rotatable bonds is 3. The zero-order valence-corrected chi connectivity index (χ0v) is 11.4. The fourth-order valence-corrected chi connectivity index (χ4v) is 1.74. The van der Waals surface area contributed by atoms with Gasteiger partial charge in [-0.1, -0.05) is 19.0 Å². The van der Waals surface area contributed by atoms with Crippen molar-refractivity contribution >= 4 is 21.6 Å². The summed E-state index contributed by atoms with van der Waals surface area (Å²) in [7, 11) is 0. The Morgan fingerprint density at radius 3 is 2.82 bits per heavy atom. The summed E-state index contributed by atoms with van der Waals surface area (Å²) < 4.78 is 6.08. The van der Waals surface area contributed by atoms with Gasteiger partial charge in [0, 0.05) is 22.1 Å². The number of nitrogen functional groups attached to an aromatic ring is 1. The normalized spacial score (nSPS) is 11.1. The number of hydrogen-bond donors (Lipinski definition) is 1. The second-order valence-corrected chi connectivity index (χ2v) is 5.20. The minimum absolute atomic E-state index is 0.510. The minimum atomic E-state index is 0.510. The molecule has 0 atom stereocenters. The van der Waals surface area contributed by atoms with Gasteiger partial charge in [-0.05, 0) is 40.0 Å². The van der Waals surface area contributed by atoms with E-state index in [0.717, 1.165) is 22.3 Å². The van der Waals surface area contributed by atoms with E-state index in [2.05, 4.69) is 39.9 Å². The van der Waals surface area contributed by atoms with Crippen LogP contribution >= 0.6 is 15.9 Å². The molecule has 1 heterocycles. The number of benzene rings is 1. The third kappa shape index (κ3) is 2.85. The summed E-state index contributed by atoms with van der Waals surface area (Å²) in [4.78, 5) is 4.34. The third-order valence-corrected chi connectivity index (χ3v) is 3.02. The monoisotopic (exact) mass is 295 g/mol. The quantitative estimate of drug-likeness (QED) is 0.883. The minimum Gasteiger partial charge on any atom is -0.398 e. The molecule has 1 aromatic carbocycles. The second kappa shape index (κ2) is 4.87. The van der Waals surface area contributed by atoms with Crippen LogP contribution in [0.25, 0.3) is 11.5 Å². The molecule has 0 fully saturated rings. The van der Waals surface area contributed by atoms with Crippen LogP contribution in [0.3, 0.4) is 0 Å². The van der Waals surface area contributed by atoms with Crippen LogP contribution in [0, 0.1) is 5.92 Å². The molecule has 0 spiro atoms. The lowest BCUT2D eigenvalue weighted by Crippen LogP contribution is -1.95. The molecule has 0 amide bonds. The molecule has 2 aromatic rings. The van der Waals surface area contributed by atoms with E-state index in [4.69, 9.17) is 10.3 Å². The summed E-state index contributed by atoms with van der Waals surface area (Å²) in [5.41, 5.74) is 7.31. The molecule has 0 aliphatic heterocycles. The van der Waals surface area contributed by atoms with E-state index in [1.165, 1.54) is 0 Å². The van der Waals surface area contributed by atoms with E-state index in [-0.39, 0.29) is 0 Å². The molecule has 0 aliphatic carbocycles. The highest BCUT2D eigenvalue weighted by Gasteiger charge is 2.10. The van der Waals surface area contributed by atoms with Crippen LogP contribution in [-0.4, -0.2) is 10.1 Å². The van der Waals surface area contributed by atoms with Gasteiger partial charge < -0.3 is 10.3 Å². The molecule has 5 heteroatoms. The molecule has 0 unspecified atom stereocenters. The van der Waals surface area contributed by atoms with Crippen molar-refractivity contribution in [3.8, 4) is 11.5 Å². The number of nitrogens with zero attached hydrogens (tertiary/aromatic N) is 2. The van der Waals surface area contributed by atoms with Crippen LogP contribution in [0.4, 0.5) is 5.69 Å². The Morgan fingerprint density at radius 1 is 1.41 bits per heavy atom. The Balaban J connectivity index is 2.27. The number of aromatic nitrogens is 2. The standard InChI is InChI=1S/C12H14BrN3O/c1-7(2)5-11-15-12(17-16-11)8-3-4-9(13)10(14)6-8/h3-4,6-7H,5,14H2,1-2H3. The predicted octanol–water partition coefficient (Wildman–Crippen LogP) is 3.28. The summed E-state index contributed by atoms with van der Waals surface area (Å²) in [5, 5.41) is 3.95. The molecular weight excluding hydrogens is 282 g/mol. The Kier molecular flexibility index (Phi) is 3.47. The first kappa shape index (κ1) is 12.1. The van der Waals surface area contributed by atoms with Crippen molar-refractivity contribution in [3.63, 3.8) is 0 Å². The summed E-state index contributed by atoms with van der Waals surface area (Å²) in [6.45, 7) is 4.24. The molecule has 0 saturated carbocycles. The number of halogens is 1. The van der Waals surface area contributed by atoms with Gasteiger partial charge in [0.05, 0.1) is 0 Å². The van der Waals surface area contributed by atoms with Gasteiger partial charge in [-0.25, -0.2) is 0 Å². The average molecular weight is 296 g/mol. The maximum absolute atomic E-state index is 5.81. The van der Waals surface area contributed by atoms with Crippen molar-refractivity contribution in [1.29, 1.82) is 0 Å². The zero-order chi connectivity index (χ0) is 12.4. The van der Waals surface area contributed by atoms with Crippen LogP contribution in [0.2, 0.25) is 0 Å². The van der Waals surface area contributed by atoms with Gasteiger partial charge in [-0.15, -0.1) is 0 Å². The molecule has 4 nitrogen and oxygen atoms in total. The van der Waals surface area contributed by atoms with Crippen molar-refractivity contribution < 1.29 is 4.52 Å². The van der Waals surface area contributed by atoms with Crippen molar-refractivity contribution in [1.82, 2.24) is 10.1 Å². The molecular formula is C12H14BrN3O. The Bertz CT molecular complexity index is 522. The Labute approximate surface area is 108 Å². The van der Waals surface area contributed by atoms with Crippen LogP contribution in [0.5, 0.6) is 0 Å². The first-order valence-corrected chi connectivity index (χ1v) is 6.23. The molecule has 0 bridgehead atoms. The summed E-state index contributed by atoms with van der Waals surface area (Å²) in [6.07, 6.45) is 0.815. The highest BCUT2D eigenvalue weighted by Crippen LogP contribution is 2.26. The summed E-state index contributed by atoms with van der Waals surface area (Å²) >= 11 is 3.35. The van der Waals surface area contributed by atoms with Crippen molar-refractivity contribution in [2.75, 3.05) is 5.73 Å². The first-order valence-electron chi connectivity index (χ1n) is 5.44. The highest BCUT2D eigenvalue weighted by atomic mass is 79.9. The Morgan fingerprint density at radius 2 is 2.18 bits per heavy atom. The lowest BCUT2D eigenvalue weighted by molar-refractivity contribution is 0.418. The van der Waals surface area contributed by atoms with Gasteiger partial charge in [-0.3, -0.25) is 0 Å². The fraction of sp³-hybridized carbons (Fsp3) is 0.333. The van der Waals surface area contributed by atoms with Crippen LogP contribution < -0.4 is 5.73 Å². The molecule has 0 radical (unpaired) electrons. The SMILES string of the molecule is CC(C)Cc1noc(-c2ccc(Br)c(N)c2)n1. The zero-order valence-electron chi connectivity index (χ0n) is 9.77. The van der Waals surface area contributed by atoms with Gasteiger partial charge in [0.25, 0.3) is 5.89 Å². The van der Waals surface area contributed by atoms with Gasteiger partial charge in [-0.2, -0.15) is 4.98 Å². The van der Waals surface area contributed by atoms with Gasteiger partial charge in [0.2, 0.25) is 0 Å². The van der Waals surface area contributed by atoms with E-state index in [0.29, 0.717) is 17.5 Å². The Hall–Kier alpha value is -1.36. The lowest BCUT2D eigenvalue weighted by Gasteiger charge is -1.99. The largest absolute Gasteiger partial charge is 0.398 e. The summed E-state index contributed by atoms with van der Waals surface area (Å²) in [5.74, 6) is 1.76. The highest BCUT2D eigenvalue weighted by molar-refractivity contribution is 9.10. The smallest absolute Gasteiger partial charge is 0.257 e. The summed E-state index contributed by atoms with van der Waals surface area (Å²) in [6, 6.07) is 5.58. The molecule has 0 saturated heterocycles. The van der Waals surface area contributed by atoms with Crippen molar-refractivity contribution in [3.05, 3.63) is 28.5 Å². The number of hydrogen-bond acceptors (Lipinski definition) is 4. The van der Waals surface area contributed by atoms with E-state index >= 15 is 0 Å². The fourth-order valence-electron chi connectivity index (χ4n) is 1.50. The van der Waals surface area contributed by atoms with Crippen LogP contribution in [0.15, 0.2) is 27.2 Å².